The smallest absolute Gasteiger partial charge is 0.123 e. The molecule has 0 aromatic heterocycles. The van der Waals surface area contributed by atoms with E-state index in [2.05, 4.69) is 11.9 Å². The normalized spacial score (nSPS) is 16.0. The Bertz CT molecular complexity index is 374. The Morgan fingerprint density at radius 3 is 2.71 bits per heavy atom. The van der Waals surface area contributed by atoms with Gasteiger partial charge in [0, 0.05) is 18.2 Å². The molecule has 3 heteroatoms. The molecule has 0 radical (unpaired) electrons. The van der Waals surface area contributed by atoms with Crippen LogP contribution in [0.3, 0.4) is 0 Å². The fourth-order valence-corrected chi connectivity index (χ4v) is 2.28. The van der Waals surface area contributed by atoms with E-state index in [-0.39, 0.29) is 6.61 Å². The van der Waals surface area contributed by atoms with Gasteiger partial charge < -0.3 is 9.84 Å². The molecule has 0 unspecified atom stereocenters. The van der Waals surface area contributed by atoms with Crippen molar-refractivity contribution >= 4 is 0 Å². The van der Waals surface area contributed by atoms with Gasteiger partial charge in [-0.05, 0) is 37.6 Å². The lowest BCUT2D eigenvalue weighted by molar-refractivity contribution is 0.151. The second-order valence-electron chi connectivity index (χ2n) is 4.80. The summed E-state index contributed by atoms with van der Waals surface area (Å²) in [5, 5.41) is 9.17. The highest BCUT2D eigenvalue weighted by atomic mass is 16.5. The third kappa shape index (κ3) is 2.79. The fourth-order valence-electron chi connectivity index (χ4n) is 2.28. The van der Waals surface area contributed by atoms with Crippen LogP contribution in [0.25, 0.3) is 0 Å². The van der Waals surface area contributed by atoms with Gasteiger partial charge in [-0.3, -0.25) is 4.90 Å². The molecule has 2 rings (SSSR count). The molecule has 3 nitrogen and oxygen atoms in total. The number of nitrogens with zero attached hydrogens (tertiary/aromatic N) is 1. The Morgan fingerprint density at radius 1 is 1.41 bits per heavy atom. The van der Waals surface area contributed by atoms with Crippen LogP contribution < -0.4 is 4.74 Å². The van der Waals surface area contributed by atoms with Gasteiger partial charge in [0.25, 0.3) is 0 Å². The summed E-state index contributed by atoms with van der Waals surface area (Å²) in [6, 6.07) is 6.60. The van der Waals surface area contributed by atoms with Crippen molar-refractivity contribution in [2.45, 2.75) is 38.5 Å². The Kier molecular flexibility index (Phi) is 4.02. The van der Waals surface area contributed by atoms with E-state index in [4.69, 9.17) is 4.74 Å². The molecular weight excluding hydrogens is 214 g/mol. The van der Waals surface area contributed by atoms with E-state index in [0.717, 1.165) is 29.5 Å². The quantitative estimate of drug-likeness (QED) is 0.849. The van der Waals surface area contributed by atoms with E-state index < -0.39 is 0 Å². The van der Waals surface area contributed by atoms with Crippen LogP contribution in [0.4, 0.5) is 0 Å². The lowest BCUT2D eigenvalue weighted by Gasteiger charge is -2.35. The van der Waals surface area contributed by atoms with Gasteiger partial charge in [0.1, 0.15) is 5.75 Å². The number of hydrogen-bond donors (Lipinski definition) is 1. The van der Waals surface area contributed by atoms with Crippen molar-refractivity contribution in [3.05, 3.63) is 29.3 Å². The van der Waals surface area contributed by atoms with Gasteiger partial charge in [0.2, 0.25) is 0 Å². The minimum absolute atomic E-state index is 0.0874. The fraction of sp³-hybridized carbons (Fsp3) is 0.571. The van der Waals surface area contributed by atoms with Crippen LogP contribution in [0, 0.1) is 0 Å². The molecular formula is C14H21NO2. The van der Waals surface area contributed by atoms with E-state index in [0.29, 0.717) is 0 Å². The SMILES string of the molecule is COc1ccc(CO)cc1CN(C)C1CCC1. The summed E-state index contributed by atoms with van der Waals surface area (Å²) in [6.07, 6.45) is 3.96. The summed E-state index contributed by atoms with van der Waals surface area (Å²) < 4.78 is 5.37. The molecule has 17 heavy (non-hydrogen) atoms. The number of hydrogen-bond acceptors (Lipinski definition) is 3. The Balaban J connectivity index is 2.11. The summed E-state index contributed by atoms with van der Waals surface area (Å²) in [4.78, 5) is 2.38. The van der Waals surface area contributed by atoms with Crippen LogP contribution >= 0.6 is 0 Å². The summed E-state index contributed by atoms with van der Waals surface area (Å²) >= 11 is 0. The predicted octanol–water partition coefficient (Wildman–Crippen LogP) is 2.17. The standard InChI is InChI=1S/C14H21NO2/c1-15(13-4-3-5-13)9-12-8-11(10-16)6-7-14(12)17-2/h6-8,13,16H,3-5,9-10H2,1-2H3. The van der Waals surface area contributed by atoms with Gasteiger partial charge in [-0.2, -0.15) is 0 Å². The van der Waals surface area contributed by atoms with Crippen LogP contribution in [-0.2, 0) is 13.2 Å². The third-order valence-electron chi connectivity index (χ3n) is 3.65. The summed E-state index contributed by atoms with van der Waals surface area (Å²) in [6.45, 7) is 0.978. The first-order valence-electron chi connectivity index (χ1n) is 6.21. The molecule has 0 aliphatic heterocycles. The van der Waals surface area contributed by atoms with Crippen molar-refractivity contribution in [1.82, 2.24) is 4.90 Å². The van der Waals surface area contributed by atoms with E-state index in [1.165, 1.54) is 19.3 Å². The molecule has 1 fully saturated rings. The van der Waals surface area contributed by atoms with Gasteiger partial charge in [0.05, 0.1) is 13.7 Å². The maximum Gasteiger partial charge on any atom is 0.123 e. The molecule has 0 atom stereocenters. The maximum atomic E-state index is 9.17. The molecule has 0 bridgehead atoms. The Labute approximate surface area is 103 Å². The Hall–Kier alpha value is -1.06. The highest BCUT2D eigenvalue weighted by Crippen LogP contribution is 2.27. The number of aliphatic hydroxyl groups is 1. The summed E-state index contributed by atoms with van der Waals surface area (Å²) in [7, 11) is 3.86. The topological polar surface area (TPSA) is 32.7 Å². The zero-order valence-electron chi connectivity index (χ0n) is 10.6. The Morgan fingerprint density at radius 2 is 2.18 bits per heavy atom. The molecule has 0 amide bonds. The lowest BCUT2D eigenvalue weighted by Crippen LogP contribution is -2.36. The van der Waals surface area contributed by atoms with Gasteiger partial charge in [0.15, 0.2) is 0 Å². The van der Waals surface area contributed by atoms with E-state index in [9.17, 15) is 5.11 Å². The van der Waals surface area contributed by atoms with Crippen molar-refractivity contribution in [1.29, 1.82) is 0 Å². The van der Waals surface area contributed by atoms with E-state index in [1.807, 2.05) is 18.2 Å². The highest BCUT2D eigenvalue weighted by molar-refractivity contribution is 5.37. The molecule has 94 valence electrons. The van der Waals surface area contributed by atoms with Crippen molar-refractivity contribution in [3.8, 4) is 5.75 Å². The summed E-state index contributed by atoms with van der Waals surface area (Å²) in [5.41, 5.74) is 2.11. The second-order valence-corrected chi connectivity index (χ2v) is 4.80. The van der Waals surface area contributed by atoms with Crippen LogP contribution in [0.5, 0.6) is 5.75 Å². The predicted molar refractivity (Wildman–Crippen MR) is 68.0 cm³/mol. The lowest BCUT2D eigenvalue weighted by atomic mass is 9.91. The van der Waals surface area contributed by atoms with Crippen LogP contribution in [-0.4, -0.2) is 30.2 Å². The zero-order chi connectivity index (χ0) is 12.3. The molecule has 0 heterocycles. The van der Waals surface area contributed by atoms with Crippen molar-refractivity contribution in [2.24, 2.45) is 0 Å². The van der Waals surface area contributed by atoms with Crippen LogP contribution in [0.2, 0.25) is 0 Å². The van der Waals surface area contributed by atoms with Crippen LogP contribution in [0.1, 0.15) is 30.4 Å². The van der Waals surface area contributed by atoms with Crippen molar-refractivity contribution < 1.29 is 9.84 Å². The molecule has 1 aromatic rings. The molecule has 1 aromatic carbocycles. The number of aliphatic hydroxyl groups excluding tert-OH is 1. The first-order valence-corrected chi connectivity index (χ1v) is 6.21. The average molecular weight is 235 g/mol. The molecule has 0 spiro atoms. The highest BCUT2D eigenvalue weighted by Gasteiger charge is 2.22. The molecule has 1 aliphatic carbocycles. The molecule has 1 aliphatic rings. The monoisotopic (exact) mass is 235 g/mol. The molecule has 0 saturated heterocycles. The van der Waals surface area contributed by atoms with Crippen LogP contribution in [0.15, 0.2) is 18.2 Å². The maximum absolute atomic E-state index is 9.17. The third-order valence-corrected chi connectivity index (χ3v) is 3.65. The minimum atomic E-state index is 0.0874. The largest absolute Gasteiger partial charge is 0.496 e. The molecule has 1 N–H and O–H groups in total. The van der Waals surface area contributed by atoms with Gasteiger partial charge >= 0.3 is 0 Å². The van der Waals surface area contributed by atoms with Gasteiger partial charge in [-0.1, -0.05) is 12.5 Å². The number of ether oxygens (including phenoxy) is 1. The summed E-state index contributed by atoms with van der Waals surface area (Å²) in [5.74, 6) is 0.911. The number of rotatable bonds is 5. The van der Waals surface area contributed by atoms with Crippen molar-refractivity contribution in [3.63, 3.8) is 0 Å². The molecule has 1 saturated carbocycles. The zero-order valence-corrected chi connectivity index (χ0v) is 10.6. The van der Waals surface area contributed by atoms with E-state index >= 15 is 0 Å². The van der Waals surface area contributed by atoms with E-state index in [1.54, 1.807) is 7.11 Å². The number of benzene rings is 1. The number of methoxy groups -OCH3 is 1. The van der Waals surface area contributed by atoms with Gasteiger partial charge in [-0.25, -0.2) is 0 Å². The second kappa shape index (κ2) is 5.52. The first kappa shape index (κ1) is 12.4. The van der Waals surface area contributed by atoms with Crippen molar-refractivity contribution in [2.75, 3.05) is 14.2 Å². The average Bonchev–Trinajstić information content (AvgIpc) is 2.26. The van der Waals surface area contributed by atoms with Gasteiger partial charge in [-0.15, -0.1) is 0 Å². The minimum Gasteiger partial charge on any atom is -0.496 e. The first-order chi connectivity index (χ1) is 8.24.